The molecule has 3 saturated heterocycles. The van der Waals surface area contributed by atoms with Gasteiger partial charge in [0.25, 0.3) is 5.91 Å². The second-order valence-electron chi connectivity index (χ2n) is 9.27. The molecule has 1 unspecified atom stereocenters. The molecule has 0 radical (unpaired) electrons. The second kappa shape index (κ2) is 8.68. The first kappa shape index (κ1) is 20.6. The Morgan fingerprint density at radius 3 is 2.58 bits per heavy atom. The fourth-order valence-electron chi connectivity index (χ4n) is 5.30. The van der Waals surface area contributed by atoms with Crippen molar-refractivity contribution in [3.8, 4) is 0 Å². The van der Waals surface area contributed by atoms with E-state index in [1.807, 2.05) is 18.2 Å². The van der Waals surface area contributed by atoms with Crippen molar-refractivity contribution in [3.63, 3.8) is 0 Å². The van der Waals surface area contributed by atoms with Crippen molar-refractivity contribution >= 4 is 17.7 Å². The molecule has 0 spiro atoms. The third-order valence-electron chi connectivity index (χ3n) is 7.31. The second-order valence-corrected chi connectivity index (χ2v) is 9.27. The molecule has 4 aliphatic rings. The zero-order valence-corrected chi connectivity index (χ0v) is 17.9. The van der Waals surface area contributed by atoms with E-state index in [0.29, 0.717) is 25.4 Å². The molecule has 1 aromatic rings. The number of nitrogens with one attached hydrogen (secondary N) is 3. The normalized spacial score (nSPS) is 25.5. The van der Waals surface area contributed by atoms with Crippen LogP contribution in [0.3, 0.4) is 0 Å². The molecule has 0 aliphatic carbocycles. The Balaban J connectivity index is 1.17. The SMILES string of the molecule is O=C1CCC(N2Cc3cccc(CNCC4CCN(C5CNC5)CC4)c3C2=O)C(=O)N1. The van der Waals surface area contributed by atoms with Crippen molar-refractivity contribution in [2.45, 2.75) is 50.9 Å². The molecule has 8 heteroatoms. The summed E-state index contributed by atoms with van der Waals surface area (Å²) in [6.45, 7) is 6.68. The Morgan fingerprint density at radius 2 is 1.87 bits per heavy atom. The number of rotatable bonds is 6. The first-order valence-electron chi connectivity index (χ1n) is 11.5. The average molecular weight is 426 g/mol. The van der Waals surface area contributed by atoms with E-state index < -0.39 is 6.04 Å². The topological polar surface area (TPSA) is 93.8 Å². The lowest BCUT2D eigenvalue weighted by Crippen LogP contribution is -2.59. The van der Waals surface area contributed by atoms with E-state index in [4.69, 9.17) is 0 Å². The van der Waals surface area contributed by atoms with Crippen LogP contribution in [0.1, 0.15) is 47.2 Å². The summed E-state index contributed by atoms with van der Waals surface area (Å²) >= 11 is 0. The molecule has 0 bridgehead atoms. The molecule has 3 amide bonds. The summed E-state index contributed by atoms with van der Waals surface area (Å²) in [4.78, 5) is 41.1. The highest BCUT2D eigenvalue weighted by atomic mass is 16.2. The van der Waals surface area contributed by atoms with Gasteiger partial charge in [0, 0.05) is 44.2 Å². The zero-order chi connectivity index (χ0) is 21.4. The third kappa shape index (κ3) is 4.12. The van der Waals surface area contributed by atoms with Gasteiger partial charge in [-0.2, -0.15) is 0 Å². The van der Waals surface area contributed by atoms with Gasteiger partial charge >= 0.3 is 0 Å². The standard InChI is InChI=1S/C23H31N5O3/c29-20-5-4-19(22(30)26-20)28-14-17-3-1-2-16(21(17)23(28)31)11-24-10-15-6-8-27(9-7-15)18-12-25-13-18/h1-3,15,18-19,24-25H,4-14H2,(H,26,29,30). The number of carbonyl (C=O) groups excluding carboxylic acids is 3. The van der Waals surface area contributed by atoms with Crippen molar-refractivity contribution in [3.05, 3.63) is 34.9 Å². The molecular weight excluding hydrogens is 394 g/mol. The van der Waals surface area contributed by atoms with Gasteiger partial charge < -0.3 is 15.5 Å². The number of carbonyl (C=O) groups is 3. The largest absolute Gasteiger partial charge is 0.322 e. The Hall–Kier alpha value is -2.29. The molecule has 1 atom stereocenters. The van der Waals surface area contributed by atoms with Crippen molar-refractivity contribution in [1.29, 1.82) is 0 Å². The van der Waals surface area contributed by atoms with E-state index >= 15 is 0 Å². The number of likely N-dealkylation sites (tertiary alicyclic amines) is 1. The van der Waals surface area contributed by atoms with E-state index in [2.05, 4.69) is 20.9 Å². The maximum absolute atomic E-state index is 13.2. The molecule has 0 saturated carbocycles. The van der Waals surface area contributed by atoms with E-state index in [9.17, 15) is 14.4 Å². The van der Waals surface area contributed by atoms with Crippen LogP contribution >= 0.6 is 0 Å². The van der Waals surface area contributed by atoms with Gasteiger partial charge in [-0.3, -0.25) is 24.6 Å². The Morgan fingerprint density at radius 1 is 1.06 bits per heavy atom. The van der Waals surface area contributed by atoms with Gasteiger partial charge in [-0.1, -0.05) is 18.2 Å². The highest BCUT2D eigenvalue weighted by Crippen LogP contribution is 2.30. The fourth-order valence-corrected chi connectivity index (χ4v) is 5.30. The minimum Gasteiger partial charge on any atom is -0.322 e. The number of amides is 3. The number of hydrogen-bond acceptors (Lipinski definition) is 6. The maximum Gasteiger partial charge on any atom is 0.255 e. The summed E-state index contributed by atoms with van der Waals surface area (Å²) in [5.74, 6) is -0.0346. The highest BCUT2D eigenvalue weighted by molar-refractivity contribution is 6.05. The maximum atomic E-state index is 13.2. The van der Waals surface area contributed by atoms with Gasteiger partial charge in [0.05, 0.1) is 0 Å². The monoisotopic (exact) mass is 425 g/mol. The van der Waals surface area contributed by atoms with Crippen LogP contribution in [-0.4, -0.2) is 72.3 Å². The van der Waals surface area contributed by atoms with Crippen LogP contribution in [0.4, 0.5) is 0 Å². The smallest absolute Gasteiger partial charge is 0.255 e. The van der Waals surface area contributed by atoms with Crippen molar-refractivity contribution in [1.82, 2.24) is 25.8 Å². The minimum absolute atomic E-state index is 0.0932. The number of imide groups is 1. The van der Waals surface area contributed by atoms with Crippen LogP contribution in [0.2, 0.25) is 0 Å². The van der Waals surface area contributed by atoms with Crippen molar-refractivity contribution in [2.75, 3.05) is 32.7 Å². The Bertz CT molecular complexity index is 876. The molecule has 3 N–H and O–H groups in total. The first-order valence-corrected chi connectivity index (χ1v) is 11.5. The molecule has 31 heavy (non-hydrogen) atoms. The molecule has 4 aliphatic heterocycles. The fraction of sp³-hybridized carbons (Fsp3) is 0.609. The lowest BCUT2D eigenvalue weighted by molar-refractivity contribution is -0.136. The summed E-state index contributed by atoms with van der Waals surface area (Å²) in [6, 6.07) is 6.13. The summed E-state index contributed by atoms with van der Waals surface area (Å²) in [6.07, 6.45) is 3.12. The first-order chi connectivity index (χ1) is 15.1. The van der Waals surface area contributed by atoms with Gasteiger partial charge in [-0.05, 0) is 55.9 Å². The van der Waals surface area contributed by atoms with E-state index in [1.165, 1.54) is 25.9 Å². The molecule has 4 heterocycles. The van der Waals surface area contributed by atoms with Gasteiger partial charge in [0.2, 0.25) is 11.8 Å². The molecule has 8 nitrogen and oxygen atoms in total. The molecule has 0 aromatic heterocycles. The summed E-state index contributed by atoms with van der Waals surface area (Å²) in [7, 11) is 0. The van der Waals surface area contributed by atoms with E-state index in [0.717, 1.165) is 42.4 Å². The zero-order valence-electron chi connectivity index (χ0n) is 17.9. The molecular formula is C23H31N5O3. The summed E-state index contributed by atoms with van der Waals surface area (Å²) in [5.41, 5.74) is 2.69. The van der Waals surface area contributed by atoms with Gasteiger partial charge in [0.1, 0.15) is 6.04 Å². The molecule has 166 valence electrons. The molecule has 1 aromatic carbocycles. The number of piperidine rings is 2. The predicted molar refractivity (Wildman–Crippen MR) is 115 cm³/mol. The molecule has 3 fully saturated rings. The van der Waals surface area contributed by atoms with Gasteiger partial charge in [-0.25, -0.2) is 0 Å². The van der Waals surface area contributed by atoms with Gasteiger partial charge in [-0.15, -0.1) is 0 Å². The average Bonchev–Trinajstić information content (AvgIpc) is 3.05. The predicted octanol–water partition coefficient (Wildman–Crippen LogP) is 0.221. The number of hydrogen-bond donors (Lipinski definition) is 3. The number of nitrogens with zero attached hydrogens (tertiary/aromatic N) is 2. The lowest BCUT2D eigenvalue weighted by atomic mass is 9.94. The van der Waals surface area contributed by atoms with Crippen molar-refractivity contribution in [2.24, 2.45) is 5.92 Å². The number of benzene rings is 1. The minimum atomic E-state index is -0.561. The van der Waals surface area contributed by atoms with Crippen LogP contribution in [0.25, 0.3) is 0 Å². The van der Waals surface area contributed by atoms with Crippen LogP contribution in [0.15, 0.2) is 18.2 Å². The quantitative estimate of drug-likeness (QED) is 0.565. The summed E-state index contributed by atoms with van der Waals surface area (Å²) in [5, 5.41) is 9.29. The Labute approximate surface area is 182 Å². The lowest BCUT2D eigenvalue weighted by Gasteiger charge is -2.42. The van der Waals surface area contributed by atoms with Crippen LogP contribution in [-0.2, 0) is 22.7 Å². The number of fused-ring (bicyclic) bond motifs is 1. The summed E-state index contributed by atoms with van der Waals surface area (Å²) < 4.78 is 0. The highest BCUT2D eigenvalue weighted by Gasteiger charge is 2.40. The Kier molecular flexibility index (Phi) is 5.77. The molecule has 5 rings (SSSR count). The van der Waals surface area contributed by atoms with Crippen LogP contribution < -0.4 is 16.0 Å². The van der Waals surface area contributed by atoms with Crippen LogP contribution in [0.5, 0.6) is 0 Å². The van der Waals surface area contributed by atoms with Crippen LogP contribution in [0, 0.1) is 5.92 Å². The third-order valence-corrected chi connectivity index (χ3v) is 7.31. The van der Waals surface area contributed by atoms with E-state index in [1.54, 1.807) is 4.90 Å². The van der Waals surface area contributed by atoms with Crippen molar-refractivity contribution < 1.29 is 14.4 Å². The van der Waals surface area contributed by atoms with Gasteiger partial charge in [0.15, 0.2) is 0 Å². The van der Waals surface area contributed by atoms with E-state index in [-0.39, 0.29) is 24.1 Å².